The maximum absolute atomic E-state index is 11.4. The molecule has 3 heteroatoms. The summed E-state index contributed by atoms with van der Waals surface area (Å²) in [5.41, 5.74) is 0.00206. The SMILES string of the molecule is CC1(C)CC2OC2C2(C)CC(=O)OC12. The Morgan fingerprint density at radius 1 is 1.36 bits per heavy atom. The molecule has 2 heterocycles. The summed E-state index contributed by atoms with van der Waals surface area (Å²) in [6.45, 7) is 6.48. The predicted molar refractivity (Wildman–Crippen MR) is 49.7 cm³/mol. The standard InChI is InChI=1S/C11H16O3/c1-10(2)4-6-8(13-6)11(3)5-7(12)14-9(10)11/h6,8-9H,4-5H2,1-3H3. The van der Waals surface area contributed by atoms with E-state index in [0.29, 0.717) is 12.5 Å². The van der Waals surface area contributed by atoms with E-state index in [0.717, 1.165) is 6.42 Å². The highest BCUT2D eigenvalue weighted by Crippen LogP contribution is 2.60. The van der Waals surface area contributed by atoms with Gasteiger partial charge in [0, 0.05) is 10.8 Å². The molecule has 0 aromatic heterocycles. The number of carbonyl (C=O) groups excluding carboxylic acids is 1. The van der Waals surface area contributed by atoms with E-state index < -0.39 is 0 Å². The summed E-state index contributed by atoms with van der Waals surface area (Å²) in [6, 6.07) is 0. The molecule has 3 aliphatic rings. The van der Waals surface area contributed by atoms with E-state index in [2.05, 4.69) is 20.8 Å². The van der Waals surface area contributed by atoms with E-state index in [1.54, 1.807) is 0 Å². The highest BCUT2D eigenvalue weighted by Gasteiger charge is 2.68. The number of hydrogen-bond donors (Lipinski definition) is 0. The lowest BCUT2D eigenvalue weighted by Gasteiger charge is -2.41. The molecule has 4 unspecified atom stereocenters. The van der Waals surface area contributed by atoms with Crippen LogP contribution in [0.5, 0.6) is 0 Å². The lowest BCUT2D eigenvalue weighted by atomic mass is 9.62. The molecule has 3 rings (SSSR count). The molecule has 1 saturated carbocycles. The summed E-state index contributed by atoms with van der Waals surface area (Å²) >= 11 is 0. The van der Waals surface area contributed by atoms with Crippen LogP contribution < -0.4 is 0 Å². The summed E-state index contributed by atoms with van der Waals surface area (Å²) < 4.78 is 11.1. The van der Waals surface area contributed by atoms with Gasteiger partial charge in [-0.25, -0.2) is 0 Å². The Balaban J connectivity index is 2.02. The lowest BCUT2D eigenvalue weighted by molar-refractivity contribution is -0.148. The molecule has 4 atom stereocenters. The maximum Gasteiger partial charge on any atom is 0.306 e. The van der Waals surface area contributed by atoms with E-state index in [9.17, 15) is 4.79 Å². The van der Waals surface area contributed by atoms with Gasteiger partial charge < -0.3 is 9.47 Å². The minimum Gasteiger partial charge on any atom is -0.461 e. The third kappa shape index (κ3) is 0.888. The van der Waals surface area contributed by atoms with Gasteiger partial charge in [0.15, 0.2) is 0 Å². The van der Waals surface area contributed by atoms with Crippen molar-refractivity contribution in [3.63, 3.8) is 0 Å². The molecule has 2 aliphatic heterocycles. The third-order valence-corrected chi connectivity index (χ3v) is 4.04. The number of hydrogen-bond acceptors (Lipinski definition) is 3. The fourth-order valence-corrected chi connectivity index (χ4v) is 3.52. The van der Waals surface area contributed by atoms with E-state index in [1.165, 1.54) is 0 Å². The van der Waals surface area contributed by atoms with Crippen molar-refractivity contribution < 1.29 is 14.3 Å². The van der Waals surface area contributed by atoms with Crippen molar-refractivity contribution in [1.82, 2.24) is 0 Å². The second-order valence-electron chi connectivity index (χ2n) is 5.84. The van der Waals surface area contributed by atoms with Crippen LogP contribution in [0, 0.1) is 10.8 Å². The predicted octanol–water partition coefficient (Wildman–Crippen LogP) is 1.51. The molecular weight excluding hydrogens is 180 g/mol. The summed E-state index contributed by atoms with van der Waals surface area (Å²) in [6.07, 6.45) is 2.24. The molecule has 3 nitrogen and oxygen atoms in total. The van der Waals surface area contributed by atoms with Crippen molar-refractivity contribution in [3.8, 4) is 0 Å². The summed E-state index contributed by atoms with van der Waals surface area (Å²) in [7, 11) is 0. The monoisotopic (exact) mass is 196 g/mol. The number of fused-ring (bicyclic) bond motifs is 3. The number of carbonyl (C=O) groups is 1. The first-order chi connectivity index (χ1) is 6.43. The average Bonchev–Trinajstić information content (AvgIpc) is 2.70. The molecule has 2 saturated heterocycles. The van der Waals surface area contributed by atoms with Crippen LogP contribution in [0.2, 0.25) is 0 Å². The fraction of sp³-hybridized carbons (Fsp3) is 0.909. The van der Waals surface area contributed by atoms with Crippen LogP contribution in [-0.4, -0.2) is 24.3 Å². The zero-order chi connectivity index (χ0) is 10.1. The number of epoxide rings is 1. The van der Waals surface area contributed by atoms with Crippen LogP contribution in [0.1, 0.15) is 33.6 Å². The summed E-state index contributed by atoms with van der Waals surface area (Å²) in [5.74, 6) is -0.0540. The minimum absolute atomic E-state index is 0.0475. The second-order valence-corrected chi connectivity index (χ2v) is 5.84. The highest BCUT2D eigenvalue weighted by molar-refractivity contribution is 5.73. The Morgan fingerprint density at radius 2 is 2.07 bits per heavy atom. The van der Waals surface area contributed by atoms with Crippen LogP contribution in [0.4, 0.5) is 0 Å². The van der Waals surface area contributed by atoms with Gasteiger partial charge in [0.25, 0.3) is 0 Å². The normalized spacial score (nSPS) is 53.4. The molecule has 3 fully saturated rings. The first-order valence-electron chi connectivity index (χ1n) is 5.28. The zero-order valence-corrected chi connectivity index (χ0v) is 8.87. The Labute approximate surface area is 83.8 Å². The molecule has 0 aromatic carbocycles. The second kappa shape index (κ2) is 2.16. The molecule has 78 valence electrons. The van der Waals surface area contributed by atoms with E-state index >= 15 is 0 Å². The molecule has 0 aromatic rings. The van der Waals surface area contributed by atoms with Crippen molar-refractivity contribution in [2.45, 2.75) is 51.9 Å². The molecular formula is C11H16O3. The summed E-state index contributed by atoms with van der Waals surface area (Å²) in [4.78, 5) is 11.4. The first-order valence-corrected chi connectivity index (χ1v) is 5.28. The lowest BCUT2D eigenvalue weighted by Crippen LogP contribution is -2.48. The molecule has 0 bridgehead atoms. The van der Waals surface area contributed by atoms with E-state index in [1.807, 2.05) is 0 Å². The average molecular weight is 196 g/mol. The fourth-order valence-electron chi connectivity index (χ4n) is 3.52. The number of esters is 1. The van der Waals surface area contributed by atoms with Gasteiger partial charge in [-0.1, -0.05) is 20.8 Å². The van der Waals surface area contributed by atoms with Gasteiger partial charge in [-0.15, -0.1) is 0 Å². The third-order valence-electron chi connectivity index (χ3n) is 4.04. The number of rotatable bonds is 0. The van der Waals surface area contributed by atoms with Crippen LogP contribution in [0.3, 0.4) is 0 Å². The smallest absolute Gasteiger partial charge is 0.306 e. The molecule has 0 amide bonds. The van der Waals surface area contributed by atoms with E-state index in [-0.39, 0.29) is 29.0 Å². The maximum atomic E-state index is 11.4. The first kappa shape index (κ1) is 8.72. The Bertz CT molecular complexity index is 310. The molecule has 1 aliphatic carbocycles. The summed E-state index contributed by atoms with van der Waals surface area (Å²) in [5, 5.41) is 0. The van der Waals surface area contributed by atoms with Gasteiger partial charge >= 0.3 is 5.97 Å². The Morgan fingerprint density at radius 3 is 2.79 bits per heavy atom. The van der Waals surface area contributed by atoms with Crippen LogP contribution in [0.25, 0.3) is 0 Å². The minimum atomic E-state index is -0.0660. The van der Waals surface area contributed by atoms with Crippen molar-refractivity contribution >= 4 is 5.97 Å². The molecule has 14 heavy (non-hydrogen) atoms. The van der Waals surface area contributed by atoms with Gasteiger partial charge in [-0.05, 0) is 6.42 Å². The quantitative estimate of drug-likeness (QED) is 0.435. The van der Waals surface area contributed by atoms with E-state index in [4.69, 9.17) is 9.47 Å². The van der Waals surface area contributed by atoms with Gasteiger partial charge in [0.05, 0.1) is 18.6 Å². The molecule has 0 spiro atoms. The van der Waals surface area contributed by atoms with Crippen LogP contribution in [0.15, 0.2) is 0 Å². The van der Waals surface area contributed by atoms with Crippen LogP contribution in [-0.2, 0) is 14.3 Å². The van der Waals surface area contributed by atoms with Crippen LogP contribution >= 0.6 is 0 Å². The van der Waals surface area contributed by atoms with Gasteiger partial charge in [0.2, 0.25) is 0 Å². The number of ether oxygens (including phenoxy) is 2. The van der Waals surface area contributed by atoms with Crippen molar-refractivity contribution in [2.24, 2.45) is 10.8 Å². The Kier molecular flexibility index (Phi) is 1.34. The topological polar surface area (TPSA) is 38.8 Å². The van der Waals surface area contributed by atoms with Gasteiger partial charge in [-0.3, -0.25) is 4.79 Å². The van der Waals surface area contributed by atoms with Crippen molar-refractivity contribution in [2.75, 3.05) is 0 Å². The molecule has 0 N–H and O–H groups in total. The van der Waals surface area contributed by atoms with Gasteiger partial charge in [-0.2, -0.15) is 0 Å². The molecule has 0 radical (unpaired) electrons. The van der Waals surface area contributed by atoms with Crippen molar-refractivity contribution in [3.05, 3.63) is 0 Å². The largest absolute Gasteiger partial charge is 0.461 e. The van der Waals surface area contributed by atoms with Crippen molar-refractivity contribution in [1.29, 1.82) is 0 Å². The highest BCUT2D eigenvalue weighted by atomic mass is 16.6. The van der Waals surface area contributed by atoms with Gasteiger partial charge in [0.1, 0.15) is 6.10 Å². The Hall–Kier alpha value is -0.570. The zero-order valence-electron chi connectivity index (χ0n) is 8.87.